The predicted molar refractivity (Wildman–Crippen MR) is 60.7 cm³/mol. The van der Waals surface area contributed by atoms with E-state index in [0.29, 0.717) is 5.56 Å². The van der Waals surface area contributed by atoms with E-state index in [9.17, 15) is 17.6 Å². The Morgan fingerprint density at radius 3 is 2.35 bits per heavy atom. The van der Waals surface area contributed by atoms with Crippen molar-refractivity contribution in [2.24, 2.45) is 0 Å². The van der Waals surface area contributed by atoms with Crippen LogP contribution in [0.15, 0.2) is 18.2 Å². The van der Waals surface area contributed by atoms with E-state index in [-0.39, 0.29) is 10.7 Å². The van der Waals surface area contributed by atoms with E-state index in [0.717, 1.165) is 31.4 Å². The van der Waals surface area contributed by atoms with Crippen LogP contribution in [0.1, 0.15) is 36.3 Å². The predicted octanol–water partition coefficient (Wildman–Crippen LogP) is 4.88. The minimum Gasteiger partial charge on any atom is -0.206 e. The molecule has 2 rings (SSSR count). The minimum absolute atomic E-state index is 0.117. The quantitative estimate of drug-likeness (QED) is 0.512. The molecule has 1 aliphatic carbocycles. The summed E-state index contributed by atoms with van der Waals surface area (Å²) in [5.41, 5.74) is -0.541. The molecule has 5 heteroatoms. The number of alkyl halides is 4. The maximum Gasteiger partial charge on any atom is 0.419 e. The molecule has 2 atom stereocenters. The zero-order valence-electron chi connectivity index (χ0n) is 8.90. The number of rotatable bonds is 1. The third kappa shape index (κ3) is 2.64. The fraction of sp³-hybridized carbons (Fsp3) is 0.500. The Hall–Kier alpha value is -0.580. The normalized spacial score (nSPS) is 25.2. The topological polar surface area (TPSA) is 0 Å². The van der Waals surface area contributed by atoms with Gasteiger partial charge in [-0.15, -0.1) is 0 Å². The molecule has 0 heterocycles. The van der Waals surface area contributed by atoms with E-state index in [1.165, 1.54) is 6.07 Å². The van der Waals surface area contributed by atoms with Gasteiger partial charge in [-0.2, -0.15) is 13.2 Å². The van der Waals surface area contributed by atoms with Crippen LogP contribution in [0.5, 0.6) is 0 Å². The highest BCUT2D eigenvalue weighted by atomic mass is 79.9. The van der Waals surface area contributed by atoms with Gasteiger partial charge in [-0.1, -0.05) is 28.4 Å². The second-order valence-corrected chi connectivity index (χ2v) is 5.47. The van der Waals surface area contributed by atoms with Crippen LogP contribution in [0.3, 0.4) is 0 Å². The smallest absolute Gasteiger partial charge is 0.206 e. The second kappa shape index (κ2) is 4.59. The van der Waals surface area contributed by atoms with E-state index in [1.54, 1.807) is 0 Å². The molecule has 0 amide bonds. The number of halogens is 5. The minimum atomic E-state index is -4.62. The Morgan fingerprint density at radius 2 is 1.88 bits per heavy atom. The molecule has 1 aromatic carbocycles. The average Bonchev–Trinajstić information content (AvgIpc) is 2.62. The molecule has 1 aliphatic rings. The van der Waals surface area contributed by atoms with Crippen LogP contribution in [0.2, 0.25) is 0 Å². The van der Waals surface area contributed by atoms with Gasteiger partial charge in [-0.3, -0.25) is 0 Å². The Bertz CT molecular complexity index is 413. The van der Waals surface area contributed by atoms with Crippen LogP contribution in [0.25, 0.3) is 0 Å². The lowest BCUT2D eigenvalue weighted by Gasteiger charge is -2.16. The third-order valence-electron chi connectivity index (χ3n) is 3.16. The first-order valence-electron chi connectivity index (χ1n) is 5.40. The third-order valence-corrected chi connectivity index (χ3v) is 4.25. The van der Waals surface area contributed by atoms with Gasteiger partial charge in [0.25, 0.3) is 0 Å². The van der Waals surface area contributed by atoms with Crippen molar-refractivity contribution in [3.05, 3.63) is 35.1 Å². The van der Waals surface area contributed by atoms with Gasteiger partial charge in [0.15, 0.2) is 0 Å². The monoisotopic (exact) mass is 310 g/mol. The van der Waals surface area contributed by atoms with Crippen LogP contribution in [-0.4, -0.2) is 4.83 Å². The first-order valence-corrected chi connectivity index (χ1v) is 6.32. The number of hydrogen-bond acceptors (Lipinski definition) is 0. The summed E-state index contributed by atoms with van der Waals surface area (Å²) < 4.78 is 50.5. The molecule has 1 saturated carbocycles. The molecular weight excluding hydrogens is 300 g/mol. The Balaban J connectivity index is 2.31. The summed E-state index contributed by atoms with van der Waals surface area (Å²) in [6, 6.07) is 3.24. The molecule has 0 aliphatic heterocycles. The average molecular weight is 311 g/mol. The van der Waals surface area contributed by atoms with E-state index >= 15 is 0 Å². The zero-order chi connectivity index (χ0) is 12.6. The lowest BCUT2D eigenvalue weighted by molar-refractivity contribution is -0.140. The van der Waals surface area contributed by atoms with Gasteiger partial charge in [0.05, 0.1) is 5.56 Å². The summed E-state index contributed by atoms with van der Waals surface area (Å²) in [4.78, 5) is 0.235. The maximum absolute atomic E-state index is 13.4. The zero-order valence-corrected chi connectivity index (χ0v) is 10.5. The Kier molecular flexibility index (Phi) is 3.48. The van der Waals surface area contributed by atoms with Crippen molar-refractivity contribution < 1.29 is 17.6 Å². The number of hydrogen-bond donors (Lipinski definition) is 0. The van der Waals surface area contributed by atoms with Gasteiger partial charge in [-0.05, 0) is 36.5 Å². The molecule has 17 heavy (non-hydrogen) atoms. The first kappa shape index (κ1) is 12.9. The van der Waals surface area contributed by atoms with Crippen molar-refractivity contribution in [2.45, 2.75) is 36.2 Å². The Labute approximate surface area is 105 Å². The molecule has 1 aromatic rings. The van der Waals surface area contributed by atoms with Gasteiger partial charge in [0.2, 0.25) is 0 Å². The fourth-order valence-corrected chi connectivity index (χ4v) is 3.18. The highest BCUT2D eigenvalue weighted by Crippen LogP contribution is 2.40. The molecule has 0 nitrogen and oxygen atoms in total. The summed E-state index contributed by atoms with van der Waals surface area (Å²) in [6.07, 6.45) is -1.73. The van der Waals surface area contributed by atoms with Crippen LogP contribution in [-0.2, 0) is 6.18 Å². The van der Waals surface area contributed by atoms with Crippen molar-refractivity contribution in [3.8, 4) is 0 Å². The van der Waals surface area contributed by atoms with E-state index in [1.807, 2.05) is 0 Å². The second-order valence-electron chi connectivity index (χ2n) is 4.29. The highest BCUT2D eigenvalue weighted by Gasteiger charge is 2.35. The van der Waals surface area contributed by atoms with E-state index < -0.39 is 17.6 Å². The van der Waals surface area contributed by atoms with Gasteiger partial charge < -0.3 is 0 Å². The summed E-state index contributed by atoms with van der Waals surface area (Å²) >= 11 is 3.48. The molecule has 0 bridgehead atoms. The molecule has 0 spiro atoms. The van der Waals surface area contributed by atoms with Gasteiger partial charge in [0.1, 0.15) is 5.82 Å². The van der Waals surface area contributed by atoms with Crippen molar-refractivity contribution in [3.63, 3.8) is 0 Å². The molecule has 0 aromatic heterocycles. The fourth-order valence-electron chi connectivity index (χ4n) is 2.28. The highest BCUT2D eigenvalue weighted by molar-refractivity contribution is 9.09. The van der Waals surface area contributed by atoms with Crippen LogP contribution in [0.4, 0.5) is 17.6 Å². The van der Waals surface area contributed by atoms with Crippen molar-refractivity contribution in [1.29, 1.82) is 0 Å². The Morgan fingerprint density at radius 1 is 1.18 bits per heavy atom. The SMILES string of the molecule is Fc1cc(C2CCCC2Br)ccc1C(F)(F)F. The standard InChI is InChI=1S/C12H11BrF4/c13-10-3-1-2-8(10)7-4-5-9(11(14)6-7)12(15,16)17/h4-6,8,10H,1-3H2. The number of benzene rings is 1. The van der Waals surface area contributed by atoms with Crippen LogP contribution in [0, 0.1) is 5.82 Å². The van der Waals surface area contributed by atoms with Crippen molar-refractivity contribution in [2.75, 3.05) is 0 Å². The molecule has 0 N–H and O–H groups in total. The maximum atomic E-state index is 13.4. The molecular formula is C12H11BrF4. The molecule has 1 fully saturated rings. The summed E-state index contributed by atoms with van der Waals surface area (Å²) in [6.45, 7) is 0. The lowest BCUT2D eigenvalue weighted by Crippen LogP contribution is -2.10. The van der Waals surface area contributed by atoms with Gasteiger partial charge >= 0.3 is 6.18 Å². The van der Waals surface area contributed by atoms with E-state index in [2.05, 4.69) is 15.9 Å². The molecule has 0 radical (unpaired) electrons. The summed E-state index contributed by atoms with van der Waals surface area (Å²) in [5.74, 6) is -1.06. The summed E-state index contributed by atoms with van der Waals surface area (Å²) in [5, 5.41) is 0. The summed E-state index contributed by atoms with van der Waals surface area (Å²) in [7, 11) is 0. The van der Waals surface area contributed by atoms with Crippen molar-refractivity contribution >= 4 is 15.9 Å². The van der Waals surface area contributed by atoms with Crippen molar-refractivity contribution in [1.82, 2.24) is 0 Å². The lowest BCUT2D eigenvalue weighted by atomic mass is 9.96. The molecule has 2 unspecified atom stereocenters. The van der Waals surface area contributed by atoms with Gasteiger partial charge in [0, 0.05) is 4.83 Å². The van der Waals surface area contributed by atoms with E-state index in [4.69, 9.17) is 0 Å². The molecule has 0 saturated heterocycles. The molecule has 94 valence electrons. The first-order chi connectivity index (χ1) is 7.89. The largest absolute Gasteiger partial charge is 0.419 e. The van der Waals surface area contributed by atoms with Crippen LogP contribution >= 0.6 is 15.9 Å². The van der Waals surface area contributed by atoms with Crippen LogP contribution < -0.4 is 0 Å². The van der Waals surface area contributed by atoms with Gasteiger partial charge in [-0.25, -0.2) is 4.39 Å².